The first kappa shape index (κ1) is 16.4. The first-order chi connectivity index (χ1) is 8.79. The second-order valence-electron chi connectivity index (χ2n) is 6.96. The Hall–Kier alpha value is -0.610. The van der Waals surface area contributed by atoms with E-state index < -0.39 is 0 Å². The fourth-order valence-electron chi connectivity index (χ4n) is 2.49. The van der Waals surface area contributed by atoms with E-state index in [-0.39, 0.29) is 11.4 Å². The Bertz CT molecular complexity index is 278. The minimum Gasteiger partial charge on any atom is -0.353 e. The molecule has 1 rings (SSSR count). The van der Waals surface area contributed by atoms with Gasteiger partial charge in [-0.05, 0) is 52.6 Å². The Kier molecular flexibility index (Phi) is 6.27. The zero-order chi connectivity index (χ0) is 14.5. The number of hydrogen-bond donors (Lipinski definition) is 2. The molecule has 4 nitrogen and oxygen atoms in total. The van der Waals surface area contributed by atoms with Crippen molar-refractivity contribution in [3.8, 4) is 0 Å². The normalized spacial score (nSPS) is 18.8. The molecular formula is C15H31N3O. The van der Waals surface area contributed by atoms with Crippen LogP contribution in [0.5, 0.6) is 0 Å². The molecule has 1 amide bonds. The number of hydrogen-bond acceptors (Lipinski definition) is 3. The highest BCUT2D eigenvalue weighted by Crippen LogP contribution is 2.16. The Morgan fingerprint density at radius 3 is 2.26 bits per heavy atom. The van der Waals surface area contributed by atoms with E-state index in [1.807, 2.05) is 0 Å². The predicted molar refractivity (Wildman–Crippen MR) is 80.2 cm³/mol. The summed E-state index contributed by atoms with van der Waals surface area (Å²) in [5, 5.41) is 6.29. The summed E-state index contributed by atoms with van der Waals surface area (Å²) >= 11 is 0. The van der Waals surface area contributed by atoms with Gasteiger partial charge in [0, 0.05) is 18.1 Å². The summed E-state index contributed by atoms with van der Waals surface area (Å²) in [4.78, 5) is 14.4. The van der Waals surface area contributed by atoms with Crippen LogP contribution in [0.2, 0.25) is 0 Å². The van der Waals surface area contributed by atoms with Gasteiger partial charge in [-0.2, -0.15) is 0 Å². The van der Waals surface area contributed by atoms with Gasteiger partial charge in [0.25, 0.3) is 0 Å². The highest BCUT2D eigenvalue weighted by Gasteiger charge is 2.24. The van der Waals surface area contributed by atoms with Crippen molar-refractivity contribution in [3.05, 3.63) is 0 Å². The smallest absolute Gasteiger partial charge is 0.234 e. The molecule has 0 aromatic carbocycles. The van der Waals surface area contributed by atoms with Crippen LogP contribution in [0.25, 0.3) is 0 Å². The summed E-state index contributed by atoms with van der Waals surface area (Å²) in [5.74, 6) is 0.675. The third-order valence-electron chi connectivity index (χ3n) is 3.67. The molecule has 1 atom stereocenters. The molecule has 1 aliphatic rings. The second kappa shape index (κ2) is 7.25. The van der Waals surface area contributed by atoms with Gasteiger partial charge in [0.1, 0.15) is 0 Å². The third kappa shape index (κ3) is 6.39. The zero-order valence-electron chi connectivity index (χ0n) is 13.3. The Labute approximate surface area is 118 Å². The number of carbonyl (C=O) groups excluding carboxylic acids is 1. The van der Waals surface area contributed by atoms with Crippen molar-refractivity contribution < 1.29 is 4.79 Å². The van der Waals surface area contributed by atoms with Crippen LogP contribution in [0.15, 0.2) is 0 Å². The quantitative estimate of drug-likeness (QED) is 0.770. The van der Waals surface area contributed by atoms with Gasteiger partial charge in [-0.3, -0.25) is 9.69 Å². The Morgan fingerprint density at radius 1 is 1.21 bits per heavy atom. The van der Waals surface area contributed by atoms with E-state index in [1.165, 1.54) is 25.9 Å². The fraction of sp³-hybridized carbons (Fsp3) is 0.933. The molecule has 0 saturated carbocycles. The Morgan fingerprint density at radius 2 is 1.79 bits per heavy atom. The molecule has 2 N–H and O–H groups in total. The van der Waals surface area contributed by atoms with Gasteiger partial charge in [0.05, 0.1) is 6.54 Å². The molecular weight excluding hydrogens is 238 g/mol. The summed E-state index contributed by atoms with van der Waals surface area (Å²) in [7, 11) is 0. The number of likely N-dealkylation sites (tertiary alicyclic amines) is 1. The lowest BCUT2D eigenvalue weighted by atomic mass is 10.0. The molecule has 0 radical (unpaired) electrons. The Balaban J connectivity index is 2.33. The number of amides is 1. The van der Waals surface area contributed by atoms with E-state index in [4.69, 9.17) is 0 Å². The van der Waals surface area contributed by atoms with Crippen molar-refractivity contribution in [1.29, 1.82) is 0 Å². The van der Waals surface area contributed by atoms with Crippen LogP contribution in [0, 0.1) is 5.92 Å². The zero-order valence-corrected chi connectivity index (χ0v) is 13.3. The van der Waals surface area contributed by atoms with E-state index >= 15 is 0 Å². The van der Waals surface area contributed by atoms with Crippen LogP contribution in [-0.4, -0.2) is 48.6 Å². The fourth-order valence-corrected chi connectivity index (χ4v) is 2.49. The molecule has 0 aromatic heterocycles. The highest BCUT2D eigenvalue weighted by molar-refractivity contribution is 5.78. The van der Waals surface area contributed by atoms with Crippen LogP contribution >= 0.6 is 0 Å². The van der Waals surface area contributed by atoms with Crippen molar-refractivity contribution in [2.45, 2.75) is 59.0 Å². The van der Waals surface area contributed by atoms with E-state index in [0.717, 1.165) is 6.54 Å². The molecule has 19 heavy (non-hydrogen) atoms. The third-order valence-corrected chi connectivity index (χ3v) is 3.67. The van der Waals surface area contributed by atoms with Crippen molar-refractivity contribution in [2.24, 2.45) is 5.92 Å². The second-order valence-corrected chi connectivity index (χ2v) is 6.96. The van der Waals surface area contributed by atoms with Gasteiger partial charge in [-0.1, -0.05) is 13.8 Å². The molecule has 1 unspecified atom stereocenters. The number of carbonyl (C=O) groups is 1. The van der Waals surface area contributed by atoms with E-state index in [1.54, 1.807) is 0 Å². The van der Waals surface area contributed by atoms with Gasteiger partial charge in [-0.25, -0.2) is 0 Å². The van der Waals surface area contributed by atoms with Crippen LogP contribution in [0.1, 0.15) is 47.5 Å². The molecule has 1 aliphatic heterocycles. The molecule has 1 heterocycles. The average Bonchev–Trinajstić information content (AvgIpc) is 2.78. The minimum atomic E-state index is -0.0102. The molecule has 0 spiro atoms. The largest absolute Gasteiger partial charge is 0.353 e. The van der Waals surface area contributed by atoms with E-state index in [9.17, 15) is 4.79 Å². The lowest BCUT2D eigenvalue weighted by molar-refractivity contribution is -0.120. The number of nitrogens with one attached hydrogen (secondary N) is 2. The summed E-state index contributed by atoms with van der Waals surface area (Å²) in [5.41, 5.74) is -0.0102. The van der Waals surface area contributed by atoms with Crippen LogP contribution in [-0.2, 0) is 4.79 Å². The topological polar surface area (TPSA) is 44.4 Å². The number of rotatable bonds is 6. The van der Waals surface area contributed by atoms with Gasteiger partial charge in [0.15, 0.2) is 0 Å². The predicted octanol–water partition coefficient (Wildman–Crippen LogP) is 1.61. The summed E-state index contributed by atoms with van der Waals surface area (Å²) in [6.45, 7) is 14.2. The first-order valence-electron chi connectivity index (χ1n) is 7.55. The van der Waals surface area contributed by atoms with E-state index in [0.29, 0.717) is 18.5 Å². The van der Waals surface area contributed by atoms with Gasteiger partial charge >= 0.3 is 0 Å². The average molecular weight is 269 g/mol. The van der Waals surface area contributed by atoms with Crippen molar-refractivity contribution in [2.75, 3.05) is 26.2 Å². The molecule has 0 aliphatic carbocycles. The maximum absolute atomic E-state index is 11.8. The minimum absolute atomic E-state index is 0.0102. The monoisotopic (exact) mass is 269 g/mol. The SMILES string of the molecule is CC(C)C(CNC(=O)CNC(C)(C)C)N1CCCC1. The lowest BCUT2D eigenvalue weighted by Gasteiger charge is -2.31. The summed E-state index contributed by atoms with van der Waals surface area (Å²) in [6, 6.07) is 0.473. The van der Waals surface area contributed by atoms with Crippen molar-refractivity contribution in [3.63, 3.8) is 0 Å². The summed E-state index contributed by atoms with van der Waals surface area (Å²) in [6.07, 6.45) is 2.59. The van der Waals surface area contributed by atoms with Crippen LogP contribution in [0.3, 0.4) is 0 Å². The van der Waals surface area contributed by atoms with Gasteiger partial charge in [0.2, 0.25) is 5.91 Å². The highest BCUT2D eigenvalue weighted by atomic mass is 16.1. The molecule has 0 aromatic rings. The molecule has 1 fully saturated rings. The molecule has 0 bridgehead atoms. The molecule has 4 heteroatoms. The van der Waals surface area contributed by atoms with Gasteiger partial charge in [-0.15, -0.1) is 0 Å². The molecule has 1 saturated heterocycles. The van der Waals surface area contributed by atoms with E-state index in [2.05, 4.69) is 50.2 Å². The van der Waals surface area contributed by atoms with Crippen LogP contribution < -0.4 is 10.6 Å². The van der Waals surface area contributed by atoms with Crippen LogP contribution in [0.4, 0.5) is 0 Å². The summed E-state index contributed by atoms with van der Waals surface area (Å²) < 4.78 is 0. The van der Waals surface area contributed by atoms with Crippen molar-refractivity contribution >= 4 is 5.91 Å². The lowest BCUT2D eigenvalue weighted by Crippen LogP contribution is -2.49. The van der Waals surface area contributed by atoms with Gasteiger partial charge < -0.3 is 10.6 Å². The number of nitrogens with zero attached hydrogens (tertiary/aromatic N) is 1. The maximum atomic E-state index is 11.8. The maximum Gasteiger partial charge on any atom is 0.234 e. The molecule has 112 valence electrons. The van der Waals surface area contributed by atoms with Crippen molar-refractivity contribution in [1.82, 2.24) is 15.5 Å². The first-order valence-corrected chi connectivity index (χ1v) is 7.55. The standard InChI is InChI=1S/C15H31N3O/c1-12(2)13(18-8-6-7-9-18)10-16-14(19)11-17-15(3,4)5/h12-13,17H,6-11H2,1-5H3,(H,16,19).